The second-order valence-electron chi connectivity index (χ2n) is 6.97. The van der Waals surface area contributed by atoms with Crippen molar-refractivity contribution >= 4 is 0 Å². The molecule has 0 amide bonds. The maximum Gasteiger partial charge on any atom is 0.116 e. The maximum absolute atomic E-state index is 10.0. The molecule has 0 aliphatic heterocycles. The highest BCUT2D eigenvalue weighted by atomic mass is 16.3. The van der Waals surface area contributed by atoms with Gasteiger partial charge in [-0.1, -0.05) is 42.5 Å². The smallest absolute Gasteiger partial charge is 0.116 e. The van der Waals surface area contributed by atoms with E-state index in [9.17, 15) is 5.11 Å². The molecule has 1 aliphatic carbocycles. The lowest BCUT2D eigenvalue weighted by Crippen LogP contribution is -2.03. The summed E-state index contributed by atoms with van der Waals surface area (Å²) in [4.78, 5) is 4.71. The first-order valence-electron chi connectivity index (χ1n) is 9.24. The van der Waals surface area contributed by atoms with Crippen molar-refractivity contribution in [2.75, 3.05) is 0 Å². The molecule has 27 heavy (non-hydrogen) atoms. The second kappa shape index (κ2) is 6.43. The Morgan fingerprint density at radius 1 is 1.00 bits per heavy atom. The molecule has 0 atom stereocenters. The van der Waals surface area contributed by atoms with Gasteiger partial charge in [0.2, 0.25) is 0 Å². The first-order valence-corrected chi connectivity index (χ1v) is 9.24. The minimum Gasteiger partial charge on any atom is -0.508 e. The van der Waals surface area contributed by atoms with E-state index in [0.717, 1.165) is 41.1 Å². The summed E-state index contributed by atoms with van der Waals surface area (Å²) in [6.45, 7) is 0.663. The van der Waals surface area contributed by atoms with E-state index in [4.69, 9.17) is 4.98 Å². The van der Waals surface area contributed by atoms with Crippen LogP contribution in [0.3, 0.4) is 0 Å². The van der Waals surface area contributed by atoms with Crippen molar-refractivity contribution in [2.45, 2.75) is 25.8 Å². The fourth-order valence-electron chi connectivity index (χ4n) is 3.95. The first-order chi connectivity index (χ1) is 13.3. The number of hydrogen-bond donors (Lipinski definition) is 2. The molecule has 5 rings (SSSR count). The molecule has 0 spiro atoms. The van der Waals surface area contributed by atoms with Crippen LogP contribution >= 0.6 is 0 Å². The number of H-pyrrole nitrogens is 1. The lowest BCUT2D eigenvalue weighted by molar-refractivity contribution is 0.475. The van der Waals surface area contributed by atoms with Gasteiger partial charge in [-0.2, -0.15) is 5.10 Å². The molecule has 5 nitrogen and oxygen atoms in total. The van der Waals surface area contributed by atoms with E-state index in [1.807, 2.05) is 36.7 Å². The summed E-state index contributed by atoms with van der Waals surface area (Å²) in [5, 5.41) is 17.7. The van der Waals surface area contributed by atoms with E-state index in [1.165, 1.54) is 17.7 Å². The van der Waals surface area contributed by atoms with Crippen molar-refractivity contribution in [3.63, 3.8) is 0 Å². The fourth-order valence-corrected chi connectivity index (χ4v) is 3.95. The van der Waals surface area contributed by atoms with Crippen LogP contribution in [-0.4, -0.2) is 24.9 Å². The highest BCUT2D eigenvalue weighted by Crippen LogP contribution is 2.34. The van der Waals surface area contributed by atoms with Gasteiger partial charge in [0.25, 0.3) is 0 Å². The third-order valence-corrected chi connectivity index (χ3v) is 5.22. The van der Waals surface area contributed by atoms with Gasteiger partial charge in [-0.05, 0) is 37.0 Å². The van der Waals surface area contributed by atoms with E-state index < -0.39 is 0 Å². The average Bonchev–Trinajstić information content (AvgIpc) is 3.40. The van der Waals surface area contributed by atoms with Crippen molar-refractivity contribution in [2.24, 2.45) is 0 Å². The van der Waals surface area contributed by atoms with Gasteiger partial charge in [-0.15, -0.1) is 0 Å². The SMILES string of the molecule is Oc1cccc(-c2c(-c3ccccc3)ncn2Cc2n[nH]c3c2CCC3)c1. The molecule has 4 aromatic rings. The number of phenols is 1. The van der Waals surface area contributed by atoms with Crippen LogP contribution in [-0.2, 0) is 19.4 Å². The number of rotatable bonds is 4. The van der Waals surface area contributed by atoms with Crippen LogP contribution < -0.4 is 0 Å². The minimum atomic E-state index is 0.250. The quantitative estimate of drug-likeness (QED) is 0.576. The van der Waals surface area contributed by atoms with Crippen LogP contribution in [0.4, 0.5) is 0 Å². The van der Waals surface area contributed by atoms with Crippen molar-refractivity contribution in [1.29, 1.82) is 0 Å². The number of aryl methyl sites for hydroxylation is 1. The maximum atomic E-state index is 10.0. The van der Waals surface area contributed by atoms with Crippen LogP contribution in [0.2, 0.25) is 0 Å². The summed E-state index contributed by atoms with van der Waals surface area (Å²) >= 11 is 0. The Morgan fingerprint density at radius 3 is 2.70 bits per heavy atom. The largest absolute Gasteiger partial charge is 0.508 e. The molecular weight excluding hydrogens is 336 g/mol. The van der Waals surface area contributed by atoms with E-state index in [0.29, 0.717) is 6.54 Å². The van der Waals surface area contributed by atoms with E-state index in [-0.39, 0.29) is 5.75 Å². The molecule has 0 unspecified atom stereocenters. The van der Waals surface area contributed by atoms with Crippen molar-refractivity contribution in [3.8, 4) is 28.3 Å². The van der Waals surface area contributed by atoms with Crippen LogP contribution in [0.1, 0.15) is 23.4 Å². The molecule has 2 aromatic heterocycles. The Morgan fingerprint density at radius 2 is 1.85 bits per heavy atom. The van der Waals surface area contributed by atoms with Crippen LogP contribution in [0.15, 0.2) is 60.9 Å². The number of imidazole rings is 1. The Kier molecular flexibility index (Phi) is 3.78. The normalized spacial score (nSPS) is 13.0. The van der Waals surface area contributed by atoms with E-state index in [1.54, 1.807) is 12.1 Å². The highest BCUT2D eigenvalue weighted by Gasteiger charge is 2.21. The number of nitrogens with one attached hydrogen (secondary N) is 1. The zero-order valence-electron chi connectivity index (χ0n) is 14.9. The summed E-state index contributed by atoms with van der Waals surface area (Å²) < 4.78 is 2.13. The summed E-state index contributed by atoms with van der Waals surface area (Å²) in [5.41, 5.74) is 7.61. The molecule has 1 aliphatic rings. The summed E-state index contributed by atoms with van der Waals surface area (Å²) in [5.74, 6) is 0.250. The third kappa shape index (κ3) is 2.81. The number of phenolic OH excluding ortho intramolecular Hbond substituents is 1. The number of hydrogen-bond acceptors (Lipinski definition) is 3. The number of benzene rings is 2. The molecule has 0 bridgehead atoms. The van der Waals surface area contributed by atoms with E-state index >= 15 is 0 Å². The molecule has 0 saturated carbocycles. The van der Waals surface area contributed by atoms with Crippen molar-refractivity contribution in [1.82, 2.24) is 19.7 Å². The van der Waals surface area contributed by atoms with Crippen LogP contribution in [0.5, 0.6) is 5.75 Å². The third-order valence-electron chi connectivity index (χ3n) is 5.22. The summed E-state index contributed by atoms with van der Waals surface area (Å²) in [6.07, 6.45) is 5.23. The predicted octanol–water partition coefficient (Wildman–Crippen LogP) is 4.18. The average molecular weight is 356 g/mol. The van der Waals surface area contributed by atoms with Gasteiger partial charge >= 0.3 is 0 Å². The van der Waals surface area contributed by atoms with Gasteiger partial charge in [0.1, 0.15) is 5.75 Å². The van der Waals surface area contributed by atoms with E-state index in [2.05, 4.69) is 26.9 Å². The van der Waals surface area contributed by atoms with Gasteiger partial charge < -0.3 is 9.67 Å². The zero-order chi connectivity index (χ0) is 18.2. The lowest BCUT2D eigenvalue weighted by atomic mass is 10.0. The summed E-state index contributed by atoms with van der Waals surface area (Å²) in [7, 11) is 0. The molecule has 2 aromatic carbocycles. The molecule has 2 heterocycles. The monoisotopic (exact) mass is 356 g/mol. The Hall–Kier alpha value is -3.34. The molecule has 134 valence electrons. The van der Waals surface area contributed by atoms with Gasteiger partial charge in [0.15, 0.2) is 0 Å². The highest BCUT2D eigenvalue weighted by molar-refractivity contribution is 5.79. The van der Waals surface area contributed by atoms with Crippen LogP contribution in [0.25, 0.3) is 22.5 Å². The topological polar surface area (TPSA) is 66.7 Å². The Bertz CT molecular complexity index is 1090. The first kappa shape index (κ1) is 15.9. The molecule has 0 saturated heterocycles. The minimum absolute atomic E-state index is 0.250. The standard InChI is InChI=1S/C22H20N4O/c27-17-9-4-8-16(12-17)22-21(15-6-2-1-3-7-15)23-14-26(22)13-20-18-10-5-11-19(18)24-25-20/h1-4,6-9,12,14,27H,5,10-11,13H2,(H,24,25). The Labute approximate surface area is 157 Å². The van der Waals surface area contributed by atoms with Crippen LogP contribution in [0, 0.1) is 0 Å². The Balaban J connectivity index is 1.64. The number of nitrogens with zero attached hydrogens (tertiary/aromatic N) is 3. The van der Waals surface area contributed by atoms with Crippen molar-refractivity contribution < 1.29 is 5.11 Å². The van der Waals surface area contributed by atoms with Crippen molar-refractivity contribution in [3.05, 3.63) is 77.9 Å². The second-order valence-corrected chi connectivity index (χ2v) is 6.97. The van der Waals surface area contributed by atoms with Gasteiger partial charge in [0.05, 0.1) is 30.0 Å². The number of aromatic amines is 1. The number of aromatic hydroxyl groups is 1. The fraction of sp³-hybridized carbons (Fsp3) is 0.182. The summed E-state index contributed by atoms with van der Waals surface area (Å²) in [6, 6.07) is 17.5. The molecular formula is C22H20N4O. The van der Waals surface area contributed by atoms with Gasteiger partial charge in [-0.25, -0.2) is 4.98 Å². The molecule has 0 radical (unpaired) electrons. The number of fused-ring (bicyclic) bond motifs is 1. The lowest BCUT2D eigenvalue weighted by Gasteiger charge is -2.11. The predicted molar refractivity (Wildman–Crippen MR) is 104 cm³/mol. The van der Waals surface area contributed by atoms with Gasteiger partial charge in [0, 0.05) is 16.8 Å². The number of aromatic nitrogens is 4. The molecule has 5 heteroatoms. The zero-order valence-corrected chi connectivity index (χ0v) is 14.9. The molecule has 2 N–H and O–H groups in total. The molecule has 0 fully saturated rings. The van der Waals surface area contributed by atoms with Gasteiger partial charge in [-0.3, -0.25) is 5.10 Å².